The number of benzene rings is 1. The van der Waals surface area contributed by atoms with Crippen LogP contribution in [0.2, 0.25) is 0 Å². The summed E-state index contributed by atoms with van der Waals surface area (Å²) in [5.41, 5.74) is 2.63. The molecule has 1 aromatic carbocycles. The smallest absolute Gasteiger partial charge is 0.129 e. The first kappa shape index (κ1) is 12.3. The van der Waals surface area contributed by atoms with Gasteiger partial charge >= 0.3 is 0 Å². The van der Waals surface area contributed by atoms with Gasteiger partial charge in [-0.1, -0.05) is 19.4 Å². The van der Waals surface area contributed by atoms with Crippen molar-refractivity contribution in [1.82, 2.24) is 9.88 Å². The van der Waals surface area contributed by atoms with E-state index in [1.54, 1.807) is 0 Å². The van der Waals surface area contributed by atoms with Crippen LogP contribution in [0, 0.1) is 0 Å². The highest BCUT2D eigenvalue weighted by Crippen LogP contribution is 2.37. The van der Waals surface area contributed by atoms with Crippen LogP contribution in [0.5, 0.6) is 5.75 Å². The van der Waals surface area contributed by atoms with E-state index < -0.39 is 0 Å². The number of hydrogen-bond donors (Lipinski definition) is 1. The lowest BCUT2D eigenvalue weighted by atomic mass is 10.0. The van der Waals surface area contributed by atoms with Crippen molar-refractivity contribution in [2.45, 2.75) is 44.8 Å². The molecule has 3 nitrogen and oxygen atoms in total. The Labute approximate surface area is 119 Å². The van der Waals surface area contributed by atoms with Crippen molar-refractivity contribution in [3.05, 3.63) is 30.0 Å². The standard InChI is InChI=1S/C17H22N2O/c1-2-3-8-19-9-7-15-14(19)10-12-11-18-13-5-4-6-16(20-15)17(12)13/h4-6,11,14-15,18H,2-3,7-10H2,1H3/t14-,15+/m0/s1. The number of rotatable bonds is 3. The molecule has 1 N–H and O–H groups in total. The average molecular weight is 270 g/mol. The van der Waals surface area contributed by atoms with Gasteiger partial charge in [-0.05, 0) is 43.5 Å². The van der Waals surface area contributed by atoms with Crippen molar-refractivity contribution in [1.29, 1.82) is 0 Å². The normalized spacial score (nSPS) is 25.4. The molecule has 2 aliphatic rings. The van der Waals surface area contributed by atoms with E-state index in [9.17, 15) is 0 Å². The Morgan fingerprint density at radius 1 is 1.40 bits per heavy atom. The van der Waals surface area contributed by atoms with Crippen LogP contribution in [0.25, 0.3) is 10.9 Å². The molecule has 4 rings (SSSR count). The first-order chi connectivity index (χ1) is 9.86. The fourth-order valence-corrected chi connectivity index (χ4v) is 3.79. The fourth-order valence-electron chi connectivity index (χ4n) is 3.79. The van der Waals surface area contributed by atoms with E-state index in [0.29, 0.717) is 12.1 Å². The van der Waals surface area contributed by atoms with Crippen LogP contribution in [-0.2, 0) is 6.42 Å². The molecule has 2 atom stereocenters. The minimum atomic E-state index is 0.366. The van der Waals surface area contributed by atoms with Crippen LogP contribution in [-0.4, -0.2) is 35.1 Å². The molecule has 106 valence electrons. The van der Waals surface area contributed by atoms with Crippen molar-refractivity contribution in [2.75, 3.05) is 13.1 Å². The van der Waals surface area contributed by atoms with Gasteiger partial charge in [0.1, 0.15) is 11.9 Å². The zero-order chi connectivity index (χ0) is 13.5. The van der Waals surface area contributed by atoms with Gasteiger partial charge in [0.05, 0.1) is 6.04 Å². The molecule has 0 unspecified atom stereocenters. The van der Waals surface area contributed by atoms with E-state index in [1.807, 2.05) is 0 Å². The molecule has 1 saturated heterocycles. The largest absolute Gasteiger partial charge is 0.488 e. The second-order valence-electron chi connectivity index (χ2n) is 6.10. The summed E-state index contributed by atoms with van der Waals surface area (Å²) in [5, 5.41) is 1.30. The summed E-state index contributed by atoms with van der Waals surface area (Å²) < 4.78 is 6.36. The quantitative estimate of drug-likeness (QED) is 0.926. The molecule has 3 heteroatoms. The lowest BCUT2D eigenvalue weighted by Crippen LogP contribution is -2.39. The molecule has 2 aliphatic heterocycles. The fraction of sp³-hybridized carbons (Fsp3) is 0.529. The SMILES string of the molecule is CCCCN1CC[C@H]2Oc3cccc4[nH]cc(c34)C[C@@H]21. The monoisotopic (exact) mass is 270 g/mol. The van der Waals surface area contributed by atoms with Gasteiger partial charge in [-0.2, -0.15) is 0 Å². The topological polar surface area (TPSA) is 28.3 Å². The average Bonchev–Trinajstić information content (AvgIpc) is 2.99. The van der Waals surface area contributed by atoms with E-state index in [1.165, 1.54) is 48.8 Å². The summed E-state index contributed by atoms with van der Waals surface area (Å²) in [5.74, 6) is 1.07. The molecule has 1 aromatic heterocycles. The molecular weight excluding hydrogens is 248 g/mol. The lowest BCUT2D eigenvalue weighted by Gasteiger charge is -2.26. The molecule has 0 saturated carbocycles. The highest BCUT2D eigenvalue weighted by Gasteiger charge is 2.38. The number of hydrogen-bond acceptors (Lipinski definition) is 2. The zero-order valence-corrected chi connectivity index (χ0v) is 12.1. The number of ether oxygens (including phenoxy) is 1. The first-order valence-corrected chi connectivity index (χ1v) is 7.86. The predicted octanol–water partition coefficient (Wildman–Crippen LogP) is 3.35. The number of nitrogens with one attached hydrogen (secondary N) is 1. The maximum absolute atomic E-state index is 6.36. The van der Waals surface area contributed by atoms with Crippen LogP contribution in [0.3, 0.4) is 0 Å². The van der Waals surface area contributed by atoms with Gasteiger partial charge in [-0.15, -0.1) is 0 Å². The Morgan fingerprint density at radius 3 is 3.25 bits per heavy atom. The molecule has 0 spiro atoms. The molecule has 0 aliphatic carbocycles. The predicted molar refractivity (Wildman–Crippen MR) is 81.3 cm³/mol. The van der Waals surface area contributed by atoms with Gasteiger partial charge in [0.25, 0.3) is 0 Å². The number of H-pyrrole nitrogens is 1. The summed E-state index contributed by atoms with van der Waals surface area (Å²) in [6.45, 7) is 4.67. The third-order valence-electron chi connectivity index (χ3n) is 4.85. The van der Waals surface area contributed by atoms with E-state index in [0.717, 1.165) is 12.2 Å². The van der Waals surface area contributed by atoms with Gasteiger partial charge in [0.2, 0.25) is 0 Å². The van der Waals surface area contributed by atoms with Gasteiger partial charge < -0.3 is 9.72 Å². The maximum atomic E-state index is 6.36. The molecule has 0 amide bonds. The highest BCUT2D eigenvalue weighted by atomic mass is 16.5. The molecule has 20 heavy (non-hydrogen) atoms. The van der Waals surface area contributed by atoms with Crippen molar-refractivity contribution in [3.63, 3.8) is 0 Å². The minimum absolute atomic E-state index is 0.366. The number of unbranched alkanes of at least 4 members (excludes halogenated alkanes) is 1. The zero-order valence-electron chi connectivity index (χ0n) is 12.1. The molecule has 0 radical (unpaired) electrons. The number of aromatic nitrogens is 1. The number of aromatic amines is 1. The summed E-state index contributed by atoms with van der Waals surface area (Å²) in [6, 6.07) is 6.90. The summed E-state index contributed by atoms with van der Waals surface area (Å²) >= 11 is 0. The van der Waals surface area contributed by atoms with Gasteiger partial charge in [0.15, 0.2) is 0 Å². The van der Waals surface area contributed by atoms with Gasteiger partial charge in [-0.3, -0.25) is 4.90 Å². The Hall–Kier alpha value is -1.48. The summed E-state index contributed by atoms with van der Waals surface area (Å²) in [6.07, 6.45) is 7.38. The van der Waals surface area contributed by atoms with Crippen LogP contribution < -0.4 is 4.74 Å². The van der Waals surface area contributed by atoms with E-state index in [-0.39, 0.29) is 0 Å². The maximum Gasteiger partial charge on any atom is 0.129 e. The highest BCUT2D eigenvalue weighted by molar-refractivity contribution is 5.89. The van der Waals surface area contributed by atoms with Gasteiger partial charge in [0, 0.05) is 23.6 Å². The molecular formula is C17H22N2O. The van der Waals surface area contributed by atoms with Crippen molar-refractivity contribution < 1.29 is 4.74 Å². The summed E-state index contributed by atoms with van der Waals surface area (Å²) in [4.78, 5) is 6.02. The first-order valence-electron chi connectivity index (χ1n) is 7.86. The van der Waals surface area contributed by atoms with Crippen LogP contribution in [0.15, 0.2) is 24.4 Å². The minimum Gasteiger partial charge on any atom is -0.488 e. The Morgan fingerprint density at radius 2 is 2.35 bits per heavy atom. The van der Waals surface area contributed by atoms with Crippen molar-refractivity contribution in [3.8, 4) is 5.75 Å². The number of likely N-dealkylation sites (tertiary alicyclic amines) is 1. The second-order valence-corrected chi connectivity index (χ2v) is 6.10. The van der Waals surface area contributed by atoms with E-state index >= 15 is 0 Å². The molecule has 0 bridgehead atoms. The van der Waals surface area contributed by atoms with Crippen LogP contribution in [0.4, 0.5) is 0 Å². The van der Waals surface area contributed by atoms with Gasteiger partial charge in [-0.25, -0.2) is 0 Å². The van der Waals surface area contributed by atoms with E-state index in [2.05, 4.69) is 41.2 Å². The summed E-state index contributed by atoms with van der Waals surface area (Å²) in [7, 11) is 0. The number of nitrogens with zero attached hydrogens (tertiary/aromatic N) is 1. The Kier molecular flexibility index (Phi) is 2.95. The van der Waals surface area contributed by atoms with E-state index in [4.69, 9.17) is 4.74 Å². The van der Waals surface area contributed by atoms with Crippen LogP contribution in [0.1, 0.15) is 31.7 Å². The molecule has 1 fully saturated rings. The third-order valence-corrected chi connectivity index (χ3v) is 4.85. The molecule has 3 heterocycles. The number of fused-ring (bicyclic) bond motifs is 1. The van der Waals surface area contributed by atoms with Crippen LogP contribution >= 0.6 is 0 Å². The Bertz CT molecular complexity index is 618. The Balaban J connectivity index is 1.69. The van der Waals surface area contributed by atoms with Crippen molar-refractivity contribution >= 4 is 10.9 Å². The lowest BCUT2D eigenvalue weighted by molar-refractivity contribution is 0.139. The third kappa shape index (κ3) is 1.84. The molecule has 2 aromatic rings. The van der Waals surface area contributed by atoms with Crippen molar-refractivity contribution in [2.24, 2.45) is 0 Å². The second kappa shape index (κ2) is 4.81.